The second-order valence-electron chi connectivity index (χ2n) is 5.10. The second-order valence-corrected chi connectivity index (χ2v) is 5.10. The van der Waals surface area contributed by atoms with Crippen molar-refractivity contribution in [1.82, 2.24) is 0 Å². The Balaban J connectivity index is 2.12. The topological polar surface area (TPSA) is 34.1 Å². The van der Waals surface area contributed by atoms with Gasteiger partial charge in [-0.2, -0.15) is 0 Å². The highest BCUT2D eigenvalue weighted by atomic mass is 16.1. The molecule has 0 bridgehead atoms. The zero-order valence-electron chi connectivity index (χ0n) is 11.6. The summed E-state index contributed by atoms with van der Waals surface area (Å²) in [5.74, 6) is -0.0393. The molecular weight excluding hydrogens is 248 g/mol. The average molecular weight is 266 g/mol. The van der Waals surface area contributed by atoms with Crippen molar-refractivity contribution in [3.05, 3.63) is 71.8 Å². The lowest BCUT2D eigenvalue weighted by Crippen LogP contribution is -2.34. The lowest BCUT2D eigenvalue weighted by atomic mass is 9.78. The summed E-state index contributed by atoms with van der Waals surface area (Å²) in [5.41, 5.74) is 0.825. The molecule has 2 nitrogen and oxygen atoms in total. The number of Topliss-reactive ketones (excluding diaryl/α,β-unsaturated/α-hetero) is 1. The van der Waals surface area contributed by atoms with Crippen molar-refractivity contribution in [2.24, 2.45) is 0 Å². The third-order valence-corrected chi connectivity index (χ3v) is 3.67. The number of carbonyl (C=O) groups is 2. The molecule has 0 aromatic heterocycles. The van der Waals surface area contributed by atoms with E-state index in [2.05, 4.69) is 0 Å². The van der Waals surface area contributed by atoms with Gasteiger partial charge in [0.2, 0.25) is 0 Å². The van der Waals surface area contributed by atoms with Crippen molar-refractivity contribution < 1.29 is 9.59 Å². The average Bonchev–Trinajstić information content (AvgIpc) is 2.53. The van der Waals surface area contributed by atoms with E-state index in [9.17, 15) is 9.59 Å². The molecule has 0 saturated heterocycles. The van der Waals surface area contributed by atoms with Gasteiger partial charge < -0.3 is 4.79 Å². The summed E-state index contributed by atoms with van der Waals surface area (Å²) in [4.78, 5) is 23.9. The number of carbonyl (C=O) groups excluding carboxylic acids is 2. The third kappa shape index (κ3) is 3.02. The fourth-order valence-corrected chi connectivity index (χ4v) is 2.24. The monoisotopic (exact) mass is 266 g/mol. The van der Waals surface area contributed by atoms with Crippen molar-refractivity contribution in [2.45, 2.75) is 25.2 Å². The lowest BCUT2D eigenvalue weighted by molar-refractivity contribution is -0.128. The molecule has 2 heteroatoms. The molecule has 0 aliphatic rings. The van der Waals surface area contributed by atoms with Crippen LogP contribution < -0.4 is 0 Å². The Morgan fingerprint density at radius 1 is 1.00 bits per heavy atom. The van der Waals surface area contributed by atoms with Crippen LogP contribution in [0.4, 0.5) is 0 Å². The molecule has 2 aromatic rings. The maximum atomic E-state index is 12.4. The van der Waals surface area contributed by atoms with E-state index in [1.54, 1.807) is 6.92 Å². The van der Waals surface area contributed by atoms with Crippen LogP contribution in [-0.2, 0) is 21.4 Å². The van der Waals surface area contributed by atoms with Crippen LogP contribution in [0.1, 0.15) is 24.5 Å². The van der Waals surface area contributed by atoms with Gasteiger partial charge in [-0.3, -0.25) is 4.79 Å². The first-order valence-corrected chi connectivity index (χ1v) is 6.76. The number of benzene rings is 2. The van der Waals surface area contributed by atoms with E-state index < -0.39 is 5.41 Å². The largest absolute Gasteiger partial charge is 0.302 e. The van der Waals surface area contributed by atoms with E-state index in [-0.39, 0.29) is 5.78 Å². The maximum absolute atomic E-state index is 12.4. The van der Waals surface area contributed by atoms with Gasteiger partial charge in [-0.05, 0) is 24.5 Å². The fourth-order valence-electron chi connectivity index (χ4n) is 2.24. The van der Waals surface area contributed by atoms with Gasteiger partial charge in [-0.15, -0.1) is 0 Å². The van der Waals surface area contributed by atoms with Crippen LogP contribution in [-0.4, -0.2) is 12.1 Å². The number of ketones is 1. The summed E-state index contributed by atoms with van der Waals surface area (Å²) in [7, 11) is 0. The normalized spacial score (nSPS) is 13.4. The summed E-state index contributed by atoms with van der Waals surface area (Å²) >= 11 is 0. The SMILES string of the molecule is CC(C=O)(C(=O)CCc1ccccc1)c1ccccc1. The van der Waals surface area contributed by atoms with Crippen LogP contribution in [0.3, 0.4) is 0 Å². The Labute approximate surface area is 119 Å². The molecule has 0 radical (unpaired) electrons. The summed E-state index contributed by atoms with van der Waals surface area (Å²) in [5, 5.41) is 0. The number of hydrogen-bond acceptors (Lipinski definition) is 2. The standard InChI is InChI=1S/C18H18O2/c1-18(14-19,16-10-6-3-7-11-16)17(20)13-12-15-8-4-2-5-9-15/h2-11,14H,12-13H2,1H3. The maximum Gasteiger partial charge on any atom is 0.150 e. The van der Waals surface area contributed by atoms with Crippen LogP contribution in [0, 0.1) is 0 Å². The Morgan fingerprint density at radius 3 is 2.10 bits per heavy atom. The van der Waals surface area contributed by atoms with Gasteiger partial charge in [-0.1, -0.05) is 60.7 Å². The molecule has 0 N–H and O–H groups in total. The first kappa shape index (κ1) is 14.2. The van der Waals surface area contributed by atoms with Crippen LogP contribution in [0.15, 0.2) is 60.7 Å². The summed E-state index contributed by atoms with van der Waals surface area (Å²) < 4.78 is 0. The number of aryl methyl sites for hydroxylation is 1. The molecule has 102 valence electrons. The summed E-state index contributed by atoms with van der Waals surface area (Å²) in [6.45, 7) is 1.70. The molecule has 2 aromatic carbocycles. The second kappa shape index (κ2) is 6.29. The van der Waals surface area contributed by atoms with Crippen LogP contribution in [0.5, 0.6) is 0 Å². The molecule has 0 amide bonds. The third-order valence-electron chi connectivity index (χ3n) is 3.67. The smallest absolute Gasteiger partial charge is 0.150 e. The van der Waals surface area contributed by atoms with Gasteiger partial charge in [0, 0.05) is 6.42 Å². The molecule has 1 atom stereocenters. The van der Waals surface area contributed by atoms with E-state index in [0.717, 1.165) is 17.4 Å². The van der Waals surface area contributed by atoms with Crippen molar-refractivity contribution in [3.8, 4) is 0 Å². The van der Waals surface area contributed by atoms with E-state index in [4.69, 9.17) is 0 Å². The predicted molar refractivity (Wildman–Crippen MR) is 79.6 cm³/mol. The zero-order chi connectivity index (χ0) is 14.4. The highest BCUT2D eigenvalue weighted by molar-refractivity contribution is 6.03. The van der Waals surface area contributed by atoms with Crippen molar-refractivity contribution >= 4 is 12.1 Å². The highest BCUT2D eigenvalue weighted by Crippen LogP contribution is 2.24. The number of hydrogen-bond donors (Lipinski definition) is 0. The Bertz CT molecular complexity index is 575. The predicted octanol–water partition coefficient (Wildman–Crippen LogP) is 3.35. The number of rotatable bonds is 6. The van der Waals surface area contributed by atoms with E-state index >= 15 is 0 Å². The Morgan fingerprint density at radius 2 is 1.55 bits per heavy atom. The minimum absolute atomic E-state index is 0.0393. The van der Waals surface area contributed by atoms with Crippen molar-refractivity contribution in [3.63, 3.8) is 0 Å². The summed E-state index contributed by atoms with van der Waals surface area (Å²) in [6, 6.07) is 19.1. The molecular formula is C18H18O2. The first-order valence-electron chi connectivity index (χ1n) is 6.76. The van der Waals surface area contributed by atoms with Gasteiger partial charge in [-0.25, -0.2) is 0 Å². The lowest BCUT2D eigenvalue weighted by Gasteiger charge is -2.22. The van der Waals surface area contributed by atoms with Gasteiger partial charge >= 0.3 is 0 Å². The van der Waals surface area contributed by atoms with Crippen LogP contribution in [0.2, 0.25) is 0 Å². The van der Waals surface area contributed by atoms with E-state index in [0.29, 0.717) is 12.8 Å². The quantitative estimate of drug-likeness (QED) is 0.593. The van der Waals surface area contributed by atoms with Gasteiger partial charge in [0.25, 0.3) is 0 Å². The molecule has 0 saturated carbocycles. The van der Waals surface area contributed by atoms with Crippen molar-refractivity contribution in [2.75, 3.05) is 0 Å². The molecule has 2 rings (SSSR count). The van der Waals surface area contributed by atoms with Gasteiger partial charge in [0.05, 0.1) is 0 Å². The molecule has 20 heavy (non-hydrogen) atoms. The summed E-state index contributed by atoms with van der Waals surface area (Å²) in [6.07, 6.45) is 1.79. The fraction of sp³-hybridized carbons (Fsp3) is 0.222. The minimum atomic E-state index is -1.05. The highest BCUT2D eigenvalue weighted by Gasteiger charge is 2.33. The Kier molecular flexibility index (Phi) is 4.46. The number of aldehydes is 1. The molecule has 0 aliphatic carbocycles. The van der Waals surface area contributed by atoms with Crippen molar-refractivity contribution in [1.29, 1.82) is 0 Å². The van der Waals surface area contributed by atoms with Gasteiger partial charge in [0.15, 0.2) is 5.78 Å². The van der Waals surface area contributed by atoms with Gasteiger partial charge in [0.1, 0.15) is 11.7 Å². The zero-order valence-corrected chi connectivity index (χ0v) is 11.6. The molecule has 0 spiro atoms. The molecule has 1 unspecified atom stereocenters. The first-order chi connectivity index (χ1) is 9.66. The molecule has 0 aliphatic heterocycles. The molecule has 0 heterocycles. The van der Waals surface area contributed by atoms with E-state index in [1.165, 1.54) is 0 Å². The van der Waals surface area contributed by atoms with Crippen LogP contribution in [0.25, 0.3) is 0 Å². The van der Waals surface area contributed by atoms with Crippen LogP contribution >= 0.6 is 0 Å². The van der Waals surface area contributed by atoms with E-state index in [1.807, 2.05) is 60.7 Å². The Hall–Kier alpha value is -2.22. The minimum Gasteiger partial charge on any atom is -0.302 e. The molecule has 0 fully saturated rings.